The molecule has 0 aliphatic heterocycles. The molecular weight excluding hydrogens is 305 g/mol. The van der Waals surface area contributed by atoms with E-state index in [0.29, 0.717) is 15.9 Å². The Balaban J connectivity index is 2.08. The van der Waals surface area contributed by atoms with Gasteiger partial charge in [0.05, 0.1) is 10.0 Å². The second kappa shape index (κ2) is 6.42. The van der Waals surface area contributed by atoms with Gasteiger partial charge in [-0.05, 0) is 18.2 Å². The molecule has 2 aromatic rings. The molecule has 0 saturated heterocycles. The second-order valence-corrected chi connectivity index (χ2v) is 5.23. The van der Waals surface area contributed by atoms with Gasteiger partial charge in [0, 0.05) is 31.9 Å². The summed E-state index contributed by atoms with van der Waals surface area (Å²) in [5.41, 5.74) is 1.02. The highest BCUT2D eigenvalue weighted by molar-refractivity contribution is 6.42. The second-order valence-electron chi connectivity index (χ2n) is 4.06. The summed E-state index contributed by atoms with van der Waals surface area (Å²) in [7, 11) is 1.90. The largest absolute Gasteiger partial charge is 0.358 e. The van der Waals surface area contributed by atoms with Gasteiger partial charge in [-0.15, -0.1) is 0 Å². The van der Waals surface area contributed by atoms with Gasteiger partial charge >= 0.3 is 0 Å². The molecule has 0 atom stereocenters. The lowest BCUT2D eigenvalue weighted by Crippen LogP contribution is -2.22. The summed E-state index contributed by atoms with van der Waals surface area (Å²) in [6.07, 6.45) is 2.58. The van der Waals surface area contributed by atoms with Crippen LogP contribution in [-0.4, -0.2) is 23.6 Å². The summed E-state index contributed by atoms with van der Waals surface area (Å²) in [6, 6.07) is 7.44. The number of halogens is 3. The fraction of sp³-hybridized carbons (Fsp3) is 0.231. The molecular formula is C13H12Cl3N3. The first-order valence-corrected chi connectivity index (χ1v) is 6.84. The van der Waals surface area contributed by atoms with Crippen molar-refractivity contribution in [2.75, 3.05) is 18.5 Å². The van der Waals surface area contributed by atoms with Gasteiger partial charge in [0.15, 0.2) is 0 Å². The maximum Gasteiger partial charge on any atom is 0.150 e. The standard InChI is InChI=1S/C13H12Cl3N3/c1-19(7-5-9-4-2-3-6-17-9)13-11(15)8-10(14)12(16)18-13/h2-4,6,8H,5,7H2,1H3. The minimum Gasteiger partial charge on any atom is -0.358 e. The van der Waals surface area contributed by atoms with Crippen molar-refractivity contribution in [3.05, 3.63) is 51.4 Å². The molecule has 0 aliphatic carbocycles. The van der Waals surface area contributed by atoms with Crippen molar-refractivity contribution in [2.24, 2.45) is 0 Å². The van der Waals surface area contributed by atoms with Crippen LogP contribution in [0.2, 0.25) is 15.2 Å². The minimum absolute atomic E-state index is 0.255. The predicted molar refractivity (Wildman–Crippen MR) is 80.5 cm³/mol. The van der Waals surface area contributed by atoms with Gasteiger partial charge in [0.25, 0.3) is 0 Å². The summed E-state index contributed by atoms with van der Waals surface area (Å²) in [6.45, 7) is 0.738. The van der Waals surface area contributed by atoms with Gasteiger partial charge in [-0.3, -0.25) is 4.98 Å². The number of likely N-dealkylation sites (N-methyl/N-ethyl adjacent to an activating group) is 1. The summed E-state index contributed by atoms with van der Waals surface area (Å²) in [5.74, 6) is 0.618. The van der Waals surface area contributed by atoms with Crippen LogP contribution in [0.25, 0.3) is 0 Å². The van der Waals surface area contributed by atoms with Crippen molar-refractivity contribution in [2.45, 2.75) is 6.42 Å². The van der Waals surface area contributed by atoms with Crippen molar-refractivity contribution in [1.29, 1.82) is 0 Å². The van der Waals surface area contributed by atoms with Gasteiger partial charge in [-0.2, -0.15) is 0 Å². The third-order valence-electron chi connectivity index (χ3n) is 2.66. The van der Waals surface area contributed by atoms with Crippen LogP contribution in [0.3, 0.4) is 0 Å². The van der Waals surface area contributed by atoms with Gasteiger partial charge < -0.3 is 4.90 Å². The van der Waals surface area contributed by atoms with E-state index in [1.807, 2.05) is 30.1 Å². The number of rotatable bonds is 4. The minimum atomic E-state index is 0.255. The van der Waals surface area contributed by atoms with Crippen LogP contribution in [0.1, 0.15) is 5.69 Å². The molecule has 2 aromatic heterocycles. The first kappa shape index (κ1) is 14.4. The van der Waals surface area contributed by atoms with Crippen LogP contribution >= 0.6 is 34.8 Å². The number of aromatic nitrogens is 2. The van der Waals surface area contributed by atoms with E-state index in [0.717, 1.165) is 18.7 Å². The first-order chi connectivity index (χ1) is 9.08. The van der Waals surface area contributed by atoms with Crippen molar-refractivity contribution in [3.63, 3.8) is 0 Å². The van der Waals surface area contributed by atoms with Crippen molar-refractivity contribution >= 4 is 40.6 Å². The zero-order valence-electron chi connectivity index (χ0n) is 10.3. The van der Waals surface area contributed by atoms with E-state index in [-0.39, 0.29) is 5.15 Å². The average Bonchev–Trinajstić information content (AvgIpc) is 2.41. The lowest BCUT2D eigenvalue weighted by atomic mass is 10.2. The zero-order valence-corrected chi connectivity index (χ0v) is 12.5. The van der Waals surface area contributed by atoms with E-state index in [4.69, 9.17) is 34.8 Å². The fourth-order valence-corrected chi connectivity index (χ4v) is 2.27. The van der Waals surface area contributed by atoms with Crippen molar-refractivity contribution < 1.29 is 0 Å². The number of nitrogens with zero attached hydrogens (tertiary/aromatic N) is 3. The SMILES string of the molecule is CN(CCc1ccccn1)c1nc(Cl)c(Cl)cc1Cl. The number of pyridine rings is 2. The maximum atomic E-state index is 6.12. The highest BCUT2D eigenvalue weighted by atomic mass is 35.5. The molecule has 2 rings (SSSR count). The highest BCUT2D eigenvalue weighted by Gasteiger charge is 2.12. The van der Waals surface area contributed by atoms with E-state index in [1.54, 1.807) is 12.3 Å². The number of hydrogen-bond acceptors (Lipinski definition) is 3. The molecule has 2 heterocycles. The van der Waals surface area contributed by atoms with E-state index >= 15 is 0 Å². The molecule has 0 aliphatic rings. The summed E-state index contributed by atoms with van der Waals surface area (Å²) in [4.78, 5) is 10.4. The molecule has 6 heteroatoms. The molecule has 0 spiro atoms. The maximum absolute atomic E-state index is 6.12. The highest BCUT2D eigenvalue weighted by Crippen LogP contribution is 2.30. The van der Waals surface area contributed by atoms with Gasteiger partial charge in [0.2, 0.25) is 0 Å². The smallest absolute Gasteiger partial charge is 0.150 e. The lowest BCUT2D eigenvalue weighted by Gasteiger charge is -2.19. The Bertz CT molecular complexity index is 561. The van der Waals surface area contributed by atoms with Crippen molar-refractivity contribution in [1.82, 2.24) is 9.97 Å². The normalized spacial score (nSPS) is 10.5. The van der Waals surface area contributed by atoms with Gasteiger partial charge in [0.1, 0.15) is 11.0 Å². The van der Waals surface area contributed by atoms with E-state index in [2.05, 4.69) is 9.97 Å². The molecule has 19 heavy (non-hydrogen) atoms. The van der Waals surface area contributed by atoms with Crippen LogP contribution in [0.4, 0.5) is 5.82 Å². The van der Waals surface area contributed by atoms with Crippen LogP contribution < -0.4 is 4.90 Å². The Morgan fingerprint density at radius 2 is 1.95 bits per heavy atom. The van der Waals surface area contributed by atoms with E-state index < -0.39 is 0 Å². The third-order valence-corrected chi connectivity index (χ3v) is 3.61. The Morgan fingerprint density at radius 1 is 1.16 bits per heavy atom. The van der Waals surface area contributed by atoms with Crippen molar-refractivity contribution in [3.8, 4) is 0 Å². The quantitative estimate of drug-likeness (QED) is 0.795. The van der Waals surface area contributed by atoms with E-state index in [9.17, 15) is 0 Å². The third kappa shape index (κ3) is 3.72. The summed E-state index contributed by atoms with van der Waals surface area (Å²) >= 11 is 17.9. The molecule has 3 nitrogen and oxygen atoms in total. The summed E-state index contributed by atoms with van der Waals surface area (Å²) in [5, 5.41) is 1.09. The topological polar surface area (TPSA) is 29.0 Å². The Morgan fingerprint density at radius 3 is 2.63 bits per heavy atom. The Labute approximate surface area is 127 Å². The van der Waals surface area contributed by atoms with Crippen LogP contribution in [0, 0.1) is 0 Å². The van der Waals surface area contributed by atoms with Crippen LogP contribution in [-0.2, 0) is 6.42 Å². The molecule has 0 fully saturated rings. The molecule has 0 bridgehead atoms. The molecule has 0 saturated carbocycles. The molecule has 100 valence electrons. The molecule has 0 unspecified atom stereocenters. The number of anilines is 1. The average molecular weight is 317 g/mol. The molecule has 0 amide bonds. The Hall–Kier alpha value is -1.03. The van der Waals surface area contributed by atoms with Crippen LogP contribution in [0.5, 0.6) is 0 Å². The van der Waals surface area contributed by atoms with E-state index in [1.165, 1.54) is 0 Å². The lowest BCUT2D eigenvalue weighted by molar-refractivity contribution is 0.839. The Kier molecular flexibility index (Phi) is 4.86. The number of hydrogen-bond donors (Lipinski definition) is 0. The van der Waals surface area contributed by atoms with Gasteiger partial charge in [-0.1, -0.05) is 40.9 Å². The fourth-order valence-electron chi connectivity index (χ4n) is 1.64. The molecule has 0 N–H and O–H groups in total. The van der Waals surface area contributed by atoms with Crippen LogP contribution in [0.15, 0.2) is 30.5 Å². The first-order valence-electron chi connectivity index (χ1n) is 5.70. The zero-order chi connectivity index (χ0) is 13.8. The monoisotopic (exact) mass is 315 g/mol. The van der Waals surface area contributed by atoms with Gasteiger partial charge in [-0.25, -0.2) is 4.98 Å². The summed E-state index contributed by atoms with van der Waals surface area (Å²) < 4.78 is 0. The molecule has 0 aromatic carbocycles. The molecule has 0 radical (unpaired) electrons. The predicted octanol–water partition coefficient (Wildman–Crippen LogP) is 4.12.